The van der Waals surface area contributed by atoms with Crippen LogP contribution in [0, 0.1) is 0 Å². The van der Waals surface area contributed by atoms with Crippen LogP contribution in [0.5, 0.6) is 0 Å². The second kappa shape index (κ2) is 4.96. The molecule has 0 fully saturated rings. The van der Waals surface area contributed by atoms with Crippen molar-refractivity contribution < 1.29 is 4.79 Å². The first-order valence-corrected chi connectivity index (χ1v) is 4.90. The predicted octanol–water partition coefficient (Wildman–Crippen LogP) is 1.89. The van der Waals surface area contributed by atoms with Crippen LogP contribution in [-0.4, -0.2) is 16.3 Å². The Bertz CT molecular complexity index is 300. The highest BCUT2D eigenvalue weighted by molar-refractivity contribution is 6.30. The van der Waals surface area contributed by atoms with Crippen molar-refractivity contribution in [3.8, 4) is 0 Å². The summed E-state index contributed by atoms with van der Waals surface area (Å²) in [6.45, 7) is 3.52. The lowest BCUT2D eigenvalue weighted by Gasteiger charge is -2.13. The first kappa shape index (κ1) is 11.0. The monoisotopic (exact) mass is 212 g/mol. The molecule has 0 radical (unpaired) electrons. The van der Waals surface area contributed by atoms with Gasteiger partial charge in [0.15, 0.2) is 0 Å². The van der Waals surface area contributed by atoms with Gasteiger partial charge in [-0.05, 0) is 26.0 Å². The van der Waals surface area contributed by atoms with E-state index < -0.39 is 5.38 Å². The van der Waals surface area contributed by atoms with Crippen LogP contribution < -0.4 is 5.32 Å². The summed E-state index contributed by atoms with van der Waals surface area (Å²) in [6.07, 6.45) is 1.70. The molecule has 0 aromatic carbocycles. The SMILES string of the molecule is CC(Cl)C(=O)N[C@@H](C)c1ccccn1. The Kier molecular flexibility index (Phi) is 3.89. The van der Waals surface area contributed by atoms with Crippen molar-refractivity contribution in [2.24, 2.45) is 0 Å². The fourth-order valence-electron chi connectivity index (χ4n) is 1.03. The maximum atomic E-state index is 11.3. The quantitative estimate of drug-likeness (QED) is 0.778. The molecule has 1 heterocycles. The summed E-state index contributed by atoms with van der Waals surface area (Å²) >= 11 is 5.63. The molecule has 1 aromatic heterocycles. The van der Waals surface area contributed by atoms with Gasteiger partial charge in [0.1, 0.15) is 5.38 Å². The third-order valence-electron chi connectivity index (χ3n) is 1.85. The van der Waals surface area contributed by atoms with E-state index in [0.29, 0.717) is 0 Å². The van der Waals surface area contributed by atoms with E-state index in [1.165, 1.54) is 0 Å². The molecule has 14 heavy (non-hydrogen) atoms. The lowest BCUT2D eigenvalue weighted by molar-refractivity contribution is -0.121. The zero-order chi connectivity index (χ0) is 10.6. The Morgan fingerprint density at radius 3 is 2.71 bits per heavy atom. The van der Waals surface area contributed by atoms with E-state index in [0.717, 1.165) is 5.69 Å². The van der Waals surface area contributed by atoms with Crippen LogP contribution in [0.15, 0.2) is 24.4 Å². The molecule has 0 bridgehead atoms. The number of nitrogens with zero attached hydrogens (tertiary/aromatic N) is 1. The van der Waals surface area contributed by atoms with E-state index in [1.54, 1.807) is 13.1 Å². The molecule has 1 amide bonds. The van der Waals surface area contributed by atoms with Crippen molar-refractivity contribution in [1.82, 2.24) is 10.3 Å². The van der Waals surface area contributed by atoms with E-state index in [4.69, 9.17) is 11.6 Å². The maximum Gasteiger partial charge on any atom is 0.238 e. The minimum atomic E-state index is -0.513. The van der Waals surface area contributed by atoms with Crippen LogP contribution in [0.3, 0.4) is 0 Å². The highest BCUT2D eigenvalue weighted by Crippen LogP contribution is 2.08. The van der Waals surface area contributed by atoms with Gasteiger partial charge >= 0.3 is 0 Å². The van der Waals surface area contributed by atoms with E-state index in [-0.39, 0.29) is 11.9 Å². The molecule has 1 unspecified atom stereocenters. The van der Waals surface area contributed by atoms with Crippen molar-refractivity contribution >= 4 is 17.5 Å². The molecular formula is C10H13ClN2O. The van der Waals surface area contributed by atoms with Gasteiger partial charge in [0, 0.05) is 6.20 Å². The number of alkyl halides is 1. The topological polar surface area (TPSA) is 42.0 Å². The molecule has 0 aliphatic heterocycles. The predicted molar refractivity (Wildman–Crippen MR) is 56.1 cm³/mol. The average molecular weight is 213 g/mol. The average Bonchev–Trinajstić information content (AvgIpc) is 2.19. The number of amides is 1. The van der Waals surface area contributed by atoms with E-state index in [2.05, 4.69) is 10.3 Å². The van der Waals surface area contributed by atoms with Crippen molar-refractivity contribution in [2.75, 3.05) is 0 Å². The van der Waals surface area contributed by atoms with E-state index >= 15 is 0 Å². The van der Waals surface area contributed by atoms with E-state index in [1.807, 2.05) is 25.1 Å². The molecule has 1 rings (SSSR count). The fourth-order valence-corrected chi connectivity index (χ4v) is 1.10. The second-order valence-electron chi connectivity index (χ2n) is 3.10. The normalized spacial score (nSPS) is 14.5. The zero-order valence-electron chi connectivity index (χ0n) is 8.20. The zero-order valence-corrected chi connectivity index (χ0v) is 8.95. The number of aromatic nitrogens is 1. The van der Waals surface area contributed by atoms with Gasteiger partial charge in [-0.15, -0.1) is 11.6 Å². The minimum Gasteiger partial charge on any atom is -0.347 e. The Morgan fingerprint density at radius 1 is 1.50 bits per heavy atom. The van der Waals surface area contributed by atoms with Crippen LogP contribution in [0.25, 0.3) is 0 Å². The van der Waals surface area contributed by atoms with Gasteiger partial charge in [0.05, 0.1) is 11.7 Å². The number of pyridine rings is 1. The lowest BCUT2D eigenvalue weighted by Crippen LogP contribution is -2.32. The first-order chi connectivity index (χ1) is 6.61. The summed E-state index contributed by atoms with van der Waals surface area (Å²) in [4.78, 5) is 15.4. The van der Waals surface area contributed by atoms with Crippen LogP contribution in [0.2, 0.25) is 0 Å². The summed E-state index contributed by atoms with van der Waals surface area (Å²) in [6, 6.07) is 5.48. The molecule has 76 valence electrons. The van der Waals surface area contributed by atoms with Crippen LogP contribution in [0.1, 0.15) is 25.6 Å². The van der Waals surface area contributed by atoms with Crippen molar-refractivity contribution in [1.29, 1.82) is 0 Å². The van der Waals surface area contributed by atoms with Crippen molar-refractivity contribution in [3.63, 3.8) is 0 Å². The van der Waals surface area contributed by atoms with Gasteiger partial charge in [-0.25, -0.2) is 0 Å². The molecule has 0 aliphatic rings. The van der Waals surface area contributed by atoms with Gasteiger partial charge < -0.3 is 5.32 Å². The number of hydrogen-bond acceptors (Lipinski definition) is 2. The first-order valence-electron chi connectivity index (χ1n) is 4.46. The van der Waals surface area contributed by atoms with Crippen LogP contribution >= 0.6 is 11.6 Å². The maximum absolute atomic E-state index is 11.3. The number of halogens is 1. The summed E-state index contributed by atoms with van der Waals surface area (Å²) < 4.78 is 0. The Labute approximate surface area is 88.5 Å². The third kappa shape index (κ3) is 3.00. The second-order valence-corrected chi connectivity index (χ2v) is 3.76. The molecule has 1 N–H and O–H groups in total. The molecule has 2 atom stereocenters. The smallest absolute Gasteiger partial charge is 0.238 e. The Hall–Kier alpha value is -1.09. The van der Waals surface area contributed by atoms with Gasteiger partial charge in [-0.1, -0.05) is 6.07 Å². The molecule has 0 spiro atoms. The molecular weight excluding hydrogens is 200 g/mol. The number of carbonyl (C=O) groups is 1. The van der Waals surface area contributed by atoms with Crippen LogP contribution in [-0.2, 0) is 4.79 Å². The molecule has 1 aromatic rings. The number of nitrogens with one attached hydrogen (secondary N) is 1. The molecule has 3 nitrogen and oxygen atoms in total. The molecule has 0 saturated heterocycles. The fraction of sp³-hybridized carbons (Fsp3) is 0.400. The van der Waals surface area contributed by atoms with Gasteiger partial charge in [0.25, 0.3) is 0 Å². The highest BCUT2D eigenvalue weighted by atomic mass is 35.5. The van der Waals surface area contributed by atoms with Gasteiger partial charge in [-0.2, -0.15) is 0 Å². The number of hydrogen-bond donors (Lipinski definition) is 1. The Morgan fingerprint density at radius 2 is 2.21 bits per heavy atom. The summed E-state index contributed by atoms with van der Waals surface area (Å²) in [5.74, 6) is -0.176. The summed E-state index contributed by atoms with van der Waals surface area (Å²) in [5, 5.41) is 2.25. The minimum absolute atomic E-state index is 0.107. The Balaban J connectivity index is 2.59. The largest absolute Gasteiger partial charge is 0.347 e. The van der Waals surface area contributed by atoms with E-state index in [9.17, 15) is 4.79 Å². The number of rotatable bonds is 3. The standard InChI is InChI=1S/C10H13ClN2O/c1-7(11)10(14)13-8(2)9-5-3-4-6-12-9/h3-8H,1-2H3,(H,13,14)/t7?,8-/m0/s1. The lowest BCUT2D eigenvalue weighted by atomic mass is 10.2. The molecule has 0 saturated carbocycles. The molecule has 0 aliphatic carbocycles. The van der Waals surface area contributed by atoms with Gasteiger partial charge in [-0.3, -0.25) is 9.78 Å². The molecule has 4 heteroatoms. The van der Waals surface area contributed by atoms with Gasteiger partial charge in [0.2, 0.25) is 5.91 Å². The van der Waals surface area contributed by atoms with Crippen molar-refractivity contribution in [2.45, 2.75) is 25.3 Å². The van der Waals surface area contributed by atoms with Crippen LogP contribution in [0.4, 0.5) is 0 Å². The number of carbonyl (C=O) groups excluding carboxylic acids is 1. The summed E-state index contributed by atoms with van der Waals surface area (Å²) in [7, 11) is 0. The highest BCUT2D eigenvalue weighted by Gasteiger charge is 2.13. The summed E-state index contributed by atoms with van der Waals surface area (Å²) in [5.41, 5.74) is 0.832. The van der Waals surface area contributed by atoms with Crippen molar-refractivity contribution in [3.05, 3.63) is 30.1 Å². The third-order valence-corrected chi connectivity index (χ3v) is 2.05.